The predicted molar refractivity (Wildman–Crippen MR) is 82.5 cm³/mol. The fraction of sp³-hybridized carbons (Fsp3) is 0.769. The molecular formula is C13H23N5O2S. The molecule has 0 spiro atoms. The summed E-state index contributed by atoms with van der Waals surface area (Å²) in [6, 6.07) is 0. The van der Waals surface area contributed by atoms with Gasteiger partial charge in [0.2, 0.25) is 11.0 Å². The topological polar surface area (TPSA) is 70.6 Å². The molecule has 8 heteroatoms. The van der Waals surface area contributed by atoms with Gasteiger partial charge in [0, 0.05) is 20.2 Å². The maximum Gasteiger partial charge on any atom is 0.240 e. The predicted octanol–water partition coefficient (Wildman–Crippen LogP) is 0.821. The number of rotatable bonds is 5. The minimum atomic E-state index is -0.103. The van der Waals surface area contributed by atoms with E-state index in [2.05, 4.69) is 32.4 Å². The van der Waals surface area contributed by atoms with Gasteiger partial charge in [0.25, 0.3) is 0 Å². The van der Waals surface area contributed by atoms with Crippen molar-refractivity contribution in [1.29, 1.82) is 0 Å². The number of hydrogen-bond donors (Lipinski definition) is 1. The van der Waals surface area contributed by atoms with Crippen LogP contribution < -0.4 is 5.32 Å². The summed E-state index contributed by atoms with van der Waals surface area (Å²) in [7, 11) is 3.74. The van der Waals surface area contributed by atoms with Crippen molar-refractivity contribution in [1.82, 2.24) is 20.0 Å². The fourth-order valence-electron chi connectivity index (χ4n) is 2.17. The summed E-state index contributed by atoms with van der Waals surface area (Å²) in [4.78, 5) is 16.5. The van der Waals surface area contributed by atoms with Crippen molar-refractivity contribution in [2.45, 2.75) is 19.4 Å². The van der Waals surface area contributed by atoms with Gasteiger partial charge in [-0.1, -0.05) is 11.3 Å². The third-order valence-electron chi connectivity index (χ3n) is 3.57. The minimum Gasteiger partial charge on any atom is -0.374 e. The maximum atomic E-state index is 12.1. The molecule has 1 N–H and O–H groups in total. The number of anilines is 1. The quantitative estimate of drug-likeness (QED) is 0.868. The summed E-state index contributed by atoms with van der Waals surface area (Å²) in [6.45, 7) is 6.28. The normalized spacial score (nSPS) is 19.2. The van der Waals surface area contributed by atoms with Crippen molar-refractivity contribution in [2.75, 3.05) is 52.2 Å². The van der Waals surface area contributed by atoms with E-state index < -0.39 is 0 Å². The van der Waals surface area contributed by atoms with E-state index in [9.17, 15) is 4.79 Å². The van der Waals surface area contributed by atoms with Crippen LogP contribution >= 0.6 is 11.3 Å². The molecule has 1 amide bonds. The Kier molecular flexibility index (Phi) is 6.04. The van der Waals surface area contributed by atoms with E-state index in [1.165, 1.54) is 11.3 Å². The van der Waals surface area contributed by atoms with E-state index in [0.717, 1.165) is 37.6 Å². The Morgan fingerprint density at radius 2 is 2.19 bits per heavy atom. The summed E-state index contributed by atoms with van der Waals surface area (Å²) in [5, 5.41) is 12.1. The van der Waals surface area contributed by atoms with Crippen LogP contribution in [0.15, 0.2) is 0 Å². The smallest absolute Gasteiger partial charge is 0.240 e. The van der Waals surface area contributed by atoms with Gasteiger partial charge in [-0.3, -0.25) is 15.0 Å². The largest absolute Gasteiger partial charge is 0.374 e. The number of likely N-dealkylation sites (N-methyl/N-ethyl adjacent to an activating group) is 1. The van der Waals surface area contributed by atoms with Gasteiger partial charge in [0.15, 0.2) is 0 Å². The number of carbonyl (C=O) groups is 1. The van der Waals surface area contributed by atoms with Crippen LogP contribution in [0.1, 0.15) is 24.5 Å². The van der Waals surface area contributed by atoms with E-state index in [0.29, 0.717) is 11.7 Å². The van der Waals surface area contributed by atoms with Gasteiger partial charge < -0.3 is 9.64 Å². The summed E-state index contributed by atoms with van der Waals surface area (Å²) >= 11 is 1.35. The highest BCUT2D eigenvalue weighted by Gasteiger charge is 2.17. The number of aromatic nitrogens is 2. The van der Waals surface area contributed by atoms with Crippen molar-refractivity contribution in [2.24, 2.45) is 0 Å². The van der Waals surface area contributed by atoms with Crippen LogP contribution in [0.3, 0.4) is 0 Å². The molecule has 0 aliphatic carbocycles. The molecule has 1 fully saturated rings. The molecule has 2 rings (SSSR count). The van der Waals surface area contributed by atoms with Crippen LogP contribution in [0.2, 0.25) is 0 Å². The van der Waals surface area contributed by atoms with E-state index in [1.54, 1.807) is 7.11 Å². The van der Waals surface area contributed by atoms with Gasteiger partial charge in [0.05, 0.1) is 6.54 Å². The Balaban J connectivity index is 1.82. The lowest BCUT2D eigenvalue weighted by Gasteiger charge is -2.18. The number of ether oxygens (including phenoxy) is 1. The molecule has 1 unspecified atom stereocenters. The summed E-state index contributed by atoms with van der Waals surface area (Å²) < 4.78 is 5.18. The standard InChI is InChI=1S/C13H23N5O2S/c1-10(20-3)12-15-16-13(21-12)14-11(19)9-18-6-4-5-17(2)7-8-18/h10H,4-9H2,1-3H3,(H,14,16,19). The van der Waals surface area contributed by atoms with Gasteiger partial charge in [-0.15, -0.1) is 10.2 Å². The molecule has 118 valence electrons. The van der Waals surface area contributed by atoms with E-state index in [-0.39, 0.29) is 12.0 Å². The number of amides is 1. The first kappa shape index (κ1) is 16.3. The first-order valence-electron chi connectivity index (χ1n) is 7.15. The molecule has 7 nitrogen and oxygen atoms in total. The average molecular weight is 313 g/mol. The monoisotopic (exact) mass is 313 g/mol. The molecule has 1 atom stereocenters. The number of hydrogen-bond acceptors (Lipinski definition) is 7. The molecule has 1 aliphatic rings. The van der Waals surface area contributed by atoms with Gasteiger partial charge in [0.1, 0.15) is 11.1 Å². The Morgan fingerprint density at radius 3 is 2.95 bits per heavy atom. The molecule has 0 radical (unpaired) electrons. The van der Waals surface area contributed by atoms with Crippen molar-refractivity contribution in [3.05, 3.63) is 5.01 Å². The SMILES string of the molecule is COC(C)c1nnc(NC(=O)CN2CCCN(C)CC2)s1. The zero-order chi connectivity index (χ0) is 15.2. The molecule has 1 aromatic rings. The lowest BCUT2D eigenvalue weighted by Crippen LogP contribution is -2.35. The molecule has 21 heavy (non-hydrogen) atoms. The summed E-state index contributed by atoms with van der Waals surface area (Å²) in [6.07, 6.45) is 0.993. The summed E-state index contributed by atoms with van der Waals surface area (Å²) in [5.74, 6) is -0.0349. The van der Waals surface area contributed by atoms with Crippen molar-refractivity contribution >= 4 is 22.4 Å². The Labute approximate surface area is 129 Å². The highest BCUT2D eigenvalue weighted by molar-refractivity contribution is 7.15. The first-order chi connectivity index (χ1) is 10.1. The van der Waals surface area contributed by atoms with Gasteiger partial charge >= 0.3 is 0 Å². The lowest BCUT2D eigenvalue weighted by molar-refractivity contribution is -0.117. The minimum absolute atomic E-state index is 0.0349. The molecule has 2 heterocycles. The maximum absolute atomic E-state index is 12.1. The molecule has 1 aromatic heterocycles. The van der Waals surface area contributed by atoms with Crippen molar-refractivity contribution < 1.29 is 9.53 Å². The van der Waals surface area contributed by atoms with Crippen LogP contribution in [0.25, 0.3) is 0 Å². The van der Waals surface area contributed by atoms with Gasteiger partial charge in [-0.25, -0.2) is 0 Å². The van der Waals surface area contributed by atoms with Crippen molar-refractivity contribution in [3.8, 4) is 0 Å². The average Bonchev–Trinajstić information content (AvgIpc) is 2.82. The number of nitrogens with one attached hydrogen (secondary N) is 1. The van der Waals surface area contributed by atoms with Crippen LogP contribution in [0, 0.1) is 0 Å². The van der Waals surface area contributed by atoms with E-state index in [4.69, 9.17) is 4.74 Å². The van der Waals surface area contributed by atoms with Gasteiger partial charge in [-0.05, 0) is 33.5 Å². The van der Waals surface area contributed by atoms with E-state index >= 15 is 0 Å². The fourth-order valence-corrected chi connectivity index (χ4v) is 2.96. The molecule has 1 aliphatic heterocycles. The first-order valence-corrected chi connectivity index (χ1v) is 7.97. The second-order valence-electron chi connectivity index (χ2n) is 5.30. The van der Waals surface area contributed by atoms with Crippen LogP contribution in [0.5, 0.6) is 0 Å². The van der Waals surface area contributed by atoms with Crippen molar-refractivity contribution in [3.63, 3.8) is 0 Å². The molecular weight excluding hydrogens is 290 g/mol. The number of nitrogens with zero attached hydrogens (tertiary/aromatic N) is 4. The third kappa shape index (κ3) is 4.99. The molecule has 0 aromatic carbocycles. The van der Waals surface area contributed by atoms with Crippen LogP contribution in [-0.2, 0) is 9.53 Å². The number of methoxy groups -OCH3 is 1. The molecule has 0 saturated carbocycles. The number of carbonyl (C=O) groups excluding carboxylic acids is 1. The van der Waals surface area contributed by atoms with Crippen LogP contribution in [0.4, 0.5) is 5.13 Å². The Morgan fingerprint density at radius 1 is 1.38 bits per heavy atom. The highest BCUT2D eigenvalue weighted by Crippen LogP contribution is 2.23. The Bertz CT molecular complexity index is 467. The molecule has 1 saturated heterocycles. The summed E-state index contributed by atoms with van der Waals surface area (Å²) in [5.41, 5.74) is 0. The van der Waals surface area contributed by atoms with E-state index in [1.807, 2.05) is 6.92 Å². The van der Waals surface area contributed by atoms with Gasteiger partial charge in [-0.2, -0.15) is 0 Å². The molecule has 0 bridgehead atoms. The van der Waals surface area contributed by atoms with Crippen LogP contribution in [-0.4, -0.2) is 72.8 Å². The second-order valence-corrected chi connectivity index (χ2v) is 6.31. The Hall–Kier alpha value is -1.09. The highest BCUT2D eigenvalue weighted by atomic mass is 32.1. The zero-order valence-electron chi connectivity index (χ0n) is 12.8. The lowest BCUT2D eigenvalue weighted by atomic mass is 10.4. The second kappa shape index (κ2) is 7.79. The third-order valence-corrected chi connectivity index (χ3v) is 4.57. The zero-order valence-corrected chi connectivity index (χ0v) is 13.7.